The molecular formula is C15H25N3O. The number of ether oxygens (including phenoxy) is 1. The first-order chi connectivity index (χ1) is 9.24. The van der Waals surface area contributed by atoms with Crippen LogP contribution in [-0.2, 0) is 6.54 Å². The Morgan fingerprint density at radius 3 is 2.63 bits per heavy atom. The summed E-state index contributed by atoms with van der Waals surface area (Å²) in [4.78, 5) is 8.75. The van der Waals surface area contributed by atoms with Gasteiger partial charge in [0.1, 0.15) is 6.10 Å². The maximum absolute atomic E-state index is 5.98. The number of rotatable bonds is 5. The molecule has 1 saturated carbocycles. The molecular weight excluding hydrogens is 238 g/mol. The van der Waals surface area contributed by atoms with Crippen molar-refractivity contribution in [2.75, 3.05) is 0 Å². The van der Waals surface area contributed by atoms with E-state index in [-0.39, 0.29) is 0 Å². The average Bonchev–Trinajstić information content (AvgIpc) is 2.65. The van der Waals surface area contributed by atoms with Gasteiger partial charge in [0.2, 0.25) is 5.88 Å². The maximum atomic E-state index is 5.98. The summed E-state index contributed by atoms with van der Waals surface area (Å²) in [6.07, 6.45) is 11.4. The zero-order chi connectivity index (χ0) is 13.5. The molecule has 0 spiro atoms. The van der Waals surface area contributed by atoms with Crippen molar-refractivity contribution in [1.29, 1.82) is 0 Å². The molecule has 1 N–H and O–H groups in total. The highest BCUT2D eigenvalue weighted by molar-refractivity contribution is 5.08. The molecule has 0 unspecified atom stereocenters. The van der Waals surface area contributed by atoms with Crippen LogP contribution in [0.2, 0.25) is 0 Å². The highest BCUT2D eigenvalue weighted by atomic mass is 16.5. The van der Waals surface area contributed by atoms with Crippen LogP contribution in [0.4, 0.5) is 0 Å². The van der Waals surface area contributed by atoms with Crippen LogP contribution in [0.15, 0.2) is 12.4 Å². The van der Waals surface area contributed by atoms with Gasteiger partial charge in [-0.2, -0.15) is 0 Å². The molecule has 4 nitrogen and oxygen atoms in total. The first kappa shape index (κ1) is 14.3. The normalized spacial score (nSPS) is 17.4. The molecule has 1 aliphatic rings. The fourth-order valence-corrected chi connectivity index (χ4v) is 2.37. The van der Waals surface area contributed by atoms with Crippen LogP contribution < -0.4 is 10.1 Å². The van der Waals surface area contributed by atoms with Crippen molar-refractivity contribution in [1.82, 2.24) is 15.3 Å². The van der Waals surface area contributed by atoms with Crippen molar-refractivity contribution in [3.63, 3.8) is 0 Å². The first-order valence-corrected chi connectivity index (χ1v) is 7.45. The van der Waals surface area contributed by atoms with E-state index in [4.69, 9.17) is 4.74 Å². The quantitative estimate of drug-likeness (QED) is 0.829. The predicted molar refractivity (Wildman–Crippen MR) is 76.1 cm³/mol. The second-order valence-corrected chi connectivity index (χ2v) is 5.62. The van der Waals surface area contributed by atoms with E-state index in [1.54, 1.807) is 12.4 Å². The van der Waals surface area contributed by atoms with Gasteiger partial charge in [0.25, 0.3) is 0 Å². The Labute approximate surface area is 116 Å². The third kappa shape index (κ3) is 5.15. The fourth-order valence-electron chi connectivity index (χ4n) is 2.37. The lowest BCUT2D eigenvalue weighted by Gasteiger charge is -2.16. The smallest absolute Gasteiger partial charge is 0.232 e. The summed E-state index contributed by atoms with van der Waals surface area (Å²) < 4.78 is 5.98. The highest BCUT2D eigenvalue weighted by Gasteiger charge is 2.14. The molecule has 0 atom stereocenters. The Balaban J connectivity index is 1.90. The molecule has 0 bridgehead atoms. The molecule has 1 heterocycles. The van der Waals surface area contributed by atoms with Crippen molar-refractivity contribution in [3.8, 4) is 5.88 Å². The summed E-state index contributed by atoms with van der Waals surface area (Å²) in [6.45, 7) is 4.99. The van der Waals surface area contributed by atoms with Gasteiger partial charge in [-0.3, -0.25) is 4.98 Å². The second kappa shape index (κ2) is 7.43. The van der Waals surface area contributed by atoms with Crippen molar-refractivity contribution < 1.29 is 4.74 Å². The predicted octanol–water partition coefficient (Wildman–Crippen LogP) is 3.08. The second-order valence-electron chi connectivity index (χ2n) is 5.62. The van der Waals surface area contributed by atoms with E-state index in [2.05, 4.69) is 29.1 Å². The van der Waals surface area contributed by atoms with Gasteiger partial charge in [-0.25, -0.2) is 4.98 Å². The van der Waals surface area contributed by atoms with Crippen molar-refractivity contribution in [2.24, 2.45) is 0 Å². The summed E-state index contributed by atoms with van der Waals surface area (Å²) in [5, 5.41) is 3.34. The van der Waals surface area contributed by atoms with Gasteiger partial charge < -0.3 is 10.1 Å². The van der Waals surface area contributed by atoms with Gasteiger partial charge in [-0.05, 0) is 25.7 Å². The van der Waals surface area contributed by atoms with Gasteiger partial charge in [-0.1, -0.05) is 26.7 Å². The van der Waals surface area contributed by atoms with Gasteiger partial charge in [0, 0.05) is 18.8 Å². The number of hydrogen-bond acceptors (Lipinski definition) is 4. The molecule has 1 aromatic rings. The minimum absolute atomic E-state index is 0.324. The Hall–Kier alpha value is -1.16. The lowest BCUT2D eigenvalue weighted by atomic mass is 10.1. The number of aromatic nitrogens is 2. The average molecular weight is 263 g/mol. The summed E-state index contributed by atoms with van der Waals surface area (Å²) >= 11 is 0. The topological polar surface area (TPSA) is 47.0 Å². The van der Waals surface area contributed by atoms with E-state index in [0.29, 0.717) is 18.0 Å². The zero-order valence-corrected chi connectivity index (χ0v) is 12.1. The van der Waals surface area contributed by atoms with Crippen molar-refractivity contribution in [3.05, 3.63) is 18.1 Å². The first-order valence-electron chi connectivity index (χ1n) is 7.45. The lowest BCUT2D eigenvalue weighted by molar-refractivity contribution is 0.175. The summed E-state index contributed by atoms with van der Waals surface area (Å²) in [5.41, 5.74) is 0.944. The van der Waals surface area contributed by atoms with E-state index in [9.17, 15) is 0 Å². The van der Waals surface area contributed by atoms with Crippen LogP contribution in [-0.4, -0.2) is 22.1 Å². The Bertz CT molecular complexity index is 373. The SMILES string of the molecule is CC(C)NCc1cncc(OC2CCCCCC2)n1. The Morgan fingerprint density at radius 2 is 1.95 bits per heavy atom. The molecule has 0 aromatic carbocycles. The molecule has 1 aromatic heterocycles. The van der Waals surface area contributed by atoms with E-state index in [0.717, 1.165) is 25.1 Å². The molecule has 4 heteroatoms. The van der Waals surface area contributed by atoms with Crippen LogP contribution in [0.5, 0.6) is 5.88 Å². The molecule has 1 aliphatic carbocycles. The summed E-state index contributed by atoms with van der Waals surface area (Å²) in [7, 11) is 0. The summed E-state index contributed by atoms with van der Waals surface area (Å²) in [5.74, 6) is 0.676. The van der Waals surface area contributed by atoms with Crippen LogP contribution in [0.25, 0.3) is 0 Å². The zero-order valence-electron chi connectivity index (χ0n) is 12.1. The summed E-state index contributed by atoms with van der Waals surface area (Å²) in [6, 6.07) is 0.452. The Kier molecular flexibility index (Phi) is 5.58. The van der Waals surface area contributed by atoms with Gasteiger partial charge in [0.05, 0.1) is 11.9 Å². The van der Waals surface area contributed by atoms with Gasteiger partial charge in [0.15, 0.2) is 0 Å². The molecule has 0 saturated heterocycles. The van der Waals surface area contributed by atoms with E-state index in [1.165, 1.54) is 25.7 Å². The van der Waals surface area contributed by atoms with Gasteiger partial charge >= 0.3 is 0 Å². The van der Waals surface area contributed by atoms with E-state index >= 15 is 0 Å². The minimum atomic E-state index is 0.324. The Morgan fingerprint density at radius 1 is 1.21 bits per heavy atom. The highest BCUT2D eigenvalue weighted by Crippen LogP contribution is 2.21. The van der Waals surface area contributed by atoms with Crippen molar-refractivity contribution >= 4 is 0 Å². The molecule has 0 radical (unpaired) electrons. The van der Waals surface area contributed by atoms with Crippen LogP contribution in [0.3, 0.4) is 0 Å². The van der Waals surface area contributed by atoms with E-state index < -0.39 is 0 Å². The third-order valence-electron chi connectivity index (χ3n) is 3.44. The van der Waals surface area contributed by atoms with Crippen LogP contribution in [0.1, 0.15) is 58.1 Å². The van der Waals surface area contributed by atoms with Gasteiger partial charge in [-0.15, -0.1) is 0 Å². The van der Waals surface area contributed by atoms with Crippen LogP contribution in [0, 0.1) is 0 Å². The molecule has 19 heavy (non-hydrogen) atoms. The fraction of sp³-hybridized carbons (Fsp3) is 0.733. The molecule has 1 fully saturated rings. The monoisotopic (exact) mass is 263 g/mol. The largest absolute Gasteiger partial charge is 0.473 e. The minimum Gasteiger partial charge on any atom is -0.473 e. The third-order valence-corrected chi connectivity index (χ3v) is 3.44. The standard InChI is InChI=1S/C15H25N3O/c1-12(2)17-10-13-9-16-11-15(18-13)19-14-7-5-3-4-6-8-14/h9,11-12,14,17H,3-8,10H2,1-2H3. The molecule has 0 amide bonds. The number of nitrogens with zero attached hydrogens (tertiary/aromatic N) is 2. The van der Waals surface area contributed by atoms with Crippen LogP contribution >= 0.6 is 0 Å². The number of hydrogen-bond donors (Lipinski definition) is 1. The number of nitrogens with one attached hydrogen (secondary N) is 1. The maximum Gasteiger partial charge on any atom is 0.232 e. The molecule has 0 aliphatic heterocycles. The van der Waals surface area contributed by atoms with Crippen molar-refractivity contribution in [2.45, 2.75) is 71.1 Å². The molecule has 106 valence electrons. The molecule has 2 rings (SSSR count). The lowest BCUT2D eigenvalue weighted by Crippen LogP contribution is -2.23. The van der Waals surface area contributed by atoms with E-state index in [1.807, 2.05) is 0 Å².